The van der Waals surface area contributed by atoms with Crippen molar-refractivity contribution in [2.45, 2.75) is 12.5 Å². The Labute approximate surface area is 49.1 Å². The highest BCUT2D eigenvalue weighted by molar-refractivity contribution is 4.64. The van der Waals surface area contributed by atoms with Gasteiger partial charge in [-0.05, 0) is 13.0 Å². The second-order valence-corrected chi connectivity index (χ2v) is 2.07. The van der Waals surface area contributed by atoms with Crippen molar-refractivity contribution < 1.29 is 5.11 Å². The smallest absolute Gasteiger partial charge is 0.0677 e. The fourth-order valence-electron chi connectivity index (χ4n) is 0.786. The van der Waals surface area contributed by atoms with Crippen LogP contribution in [0.4, 0.5) is 0 Å². The summed E-state index contributed by atoms with van der Waals surface area (Å²) in [7, 11) is 0. The quantitative estimate of drug-likeness (QED) is 0.376. The van der Waals surface area contributed by atoms with E-state index < -0.39 is 0 Å². The van der Waals surface area contributed by atoms with Gasteiger partial charge in [-0.25, -0.2) is 0 Å². The van der Waals surface area contributed by atoms with E-state index >= 15 is 0 Å². The summed E-state index contributed by atoms with van der Waals surface area (Å²) >= 11 is 0. The molecule has 0 aromatic carbocycles. The maximum atomic E-state index is 8.99. The van der Waals surface area contributed by atoms with Gasteiger partial charge in [0.2, 0.25) is 0 Å². The Bertz CT molecular complexity index is 59.4. The second kappa shape index (κ2) is 3.02. The zero-order valence-electron chi connectivity index (χ0n) is 4.85. The zero-order valence-corrected chi connectivity index (χ0v) is 4.85. The lowest BCUT2D eigenvalue weighted by Crippen LogP contribution is -2.28. The van der Waals surface area contributed by atoms with E-state index in [-0.39, 0.29) is 6.10 Å². The van der Waals surface area contributed by atoms with Crippen LogP contribution in [0.15, 0.2) is 0 Å². The highest BCUT2D eigenvalue weighted by atomic mass is 16.3. The first-order valence-corrected chi connectivity index (χ1v) is 2.99. The molecule has 3 nitrogen and oxygen atoms in total. The monoisotopic (exact) mass is 116 g/mol. The summed E-state index contributed by atoms with van der Waals surface area (Å²) in [5, 5.41) is 15.1. The molecule has 0 amide bonds. The summed E-state index contributed by atoms with van der Waals surface area (Å²) in [6.07, 6.45) is 0.720. The molecule has 3 N–H and O–H groups in total. The Hall–Kier alpha value is -0.120. The van der Waals surface area contributed by atoms with Crippen molar-refractivity contribution in [2.75, 3.05) is 19.8 Å². The van der Waals surface area contributed by atoms with E-state index in [1.54, 1.807) is 0 Å². The maximum Gasteiger partial charge on any atom is 0.0677 e. The van der Waals surface area contributed by atoms with Crippen molar-refractivity contribution in [3.05, 3.63) is 0 Å². The van der Waals surface area contributed by atoms with Crippen molar-refractivity contribution in [2.24, 2.45) is 0 Å². The Kier molecular flexibility index (Phi) is 2.27. The third kappa shape index (κ3) is 1.78. The summed E-state index contributed by atoms with van der Waals surface area (Å²) in [5.41, 5.74) is 0. The number of hydrogen-bond acceptors (Lipinski definition) is 3. The van der Waals surface area contributed by atoms with Gasteiger partial charge in [0.25, 0.3) is 0 Å². The van der Waals surface area contributed by atoms with Crippen LogP contribution in [0.3, 0.4) is 0 Å². The molecule has 48 valence electrons. The first-order valence-electron chi connectivity index (χ1n) is 2.99. The third-order valence-electron chi connectivity index (χ3n) is 1.28. The average Bonchev–Trinajstić information content (AvgIpc) is 1.94. The SMILES string of the molecule is OC1CCNCNC1. The lowest BCUT2D eigenvalue weighted by Gasteiger charge is -2.02. The molecule has 0 aliphatic carbocycles. The maximum absolute atomic E-state index is 8.99. The molecule has 1 fully saturated rings. The van der Waals surface area contributed by atoms with Gasteiger partial charge in [0.1, 0.15) is 0 Å². The molecular weight excluding hydrogens is 104 g/mol. The van der Waals surface area contributed by atoms with Crippen molar-refractivity contribution in [3.63, 3.8) is 0 Å². The molecule has 1 aliphatic rings. The number of β-amino-alcohol motifs (C(OH)–C–C–N with tert-alkyl or cyclic N) is 1. The summed E-state index contributed by atoms with van der Waals surface area (Å²) < 4.78 is 0. The van der Waals surface area contributed by atoms with Crippen LogP contribution in [-0.4, -0.2) is 31.0 Å². The van der Waals surface area contributed by atoms with Crippen molar-refractivity contribution >= 4 is 0 Å². The van der Waals surface area contributed by atoms with Crippen LogP contribution in [0, 0.1) is 0 Å². The van der Waals surface area contributed by atoms with Crippen LogP contribution in [0.25, 0.3) is 0 Å². The van der Waals surface area contributed by atoms with E-state index in [9.17, 15) is 0 Å². The molecule has 1 heterocycles. The van der Waals surface area contributed by atoms with Crippen LogP contribution in [0.2, 0.25) is 0 Å². The van der Waals surface area contributed by atoms with E-state index in [1.165, 1.54) is 0 Å². The Morgan fingerprint density at radius 1 is 1.38 bits per heavy atom. The van der Waals surface area contributed by atoms with E-state index in [0.29, 0.717) is 0 Å². The standard InChI is InChI=1S/C5H12N2O/c8-5-1-2-6-4-7-3-5/h5-8H,1-4H2. The number of rotatable bonds is 0. The topological polar surface area (TPSA) is 44.3 Å². The van der Waals surface area contributed by atoms with Crippen LogP contribution in [0.5, 0.6) is 0 Å². The lowest BCUT2D eigenvalue weighted by atomic mass is 10.3. The predicted octanol–water partition coefficient (Wildman–Crippen LogP) is -1.11. The van der Waals surface area contributed by atoms with Gasteiger partial charge in [-0.15, -0.1) is 0 Å². The lowest BCUT2D eigenvalue weighted by molar-refractivity contribution is 0.171. The van der Waals surface area contributed by atoms with Gasteiger partial charge in [-0.1, -0.05) is 0 Å². The summed E-state index contributed by atoms with van der Waals surface area (Å²) in [5.74, 6) is 0. The largest absolute Gasteiger partial charge is 0.392 e. The molecule has 1 saturated heterocycles. The van der Waals surface area contributed by atoms with Gasteiger partial charge >= 0.3 is 0 Å². The summed E-state index contributed by atoms with van der Waals surface area (Å²) in [6, 6.07) is 0. The Morgan fingerprint density at radius 3 is 3.12 bits per heavy atom. The number of hydrogen-bond donors (Lipinski definition) is 3. The highest BCUT2D eigenvalue weighted by Gasteiger charge is 2.04. The highest BCUT2D eigenvalue weighted by Crippen LogP contribution is 1.88. The van der Waals surface area contributed by atoms with Gasteiger partial charge in [0.15, 0.2) is 0 Å². The summed E-state index contributed by atoms with van der Waals surface area (Å²) in [4.78, 5) is 0. The van der Waals surface area contributed by atoms with E-state index in [1.807, 2.05) is 0 Å². The second-order valence-electron chi connectivity index (χ2n) is 2.07. The number of aliphatic hydroxyl groups is 1. The van der Waals surface area contributed by atoms with Crippen LogP contribution < -0.4 is 10.6 Å². The minimum Gasteiger partial charge on any atom is -0.392 e. The minimum absolute atomic E-state index is 0.148. The Morgan fingerprint density at radius 2 is 2.25 bits per heavy atom. The molecule has 1 aliphatic heterocycles. The van der Waals surface area contributed by atoms with Gasteiger partial charge in [0, 0.05) is 13.2 Å². The first-order chi connectivity index (χ1) is 3.89. The van der Waals surface area contributed by atoms with Crippen LogP contribution in [-0.2, 0) is 0 Å². The number of aliphatic hydroxyl groups excluding tert-OH is 1. The fourth-order valence-corrected chi connectivity index (χ4v) is 0.786. The minimum atomic E-state index is -0.148. The molecule has 0 radical (unpaired) electrons. The Balaban J connectivity index is 2.17. The van der Waals surface area contributed by atoms with E-state index in [2.05, 4.69) is 10.6 Å². The first kappa shape index (κ1) is 6.01. The molecule has 1 rings (SSSR count). The molecule has 1 unspecified atom stereocenters. The molecule has 3 heteroatoms. The van der Waals surface area contributed by atoms with Crippen LogP contribution in [0.1, 0.15) is 6.42 Å². The van der Waals surface area contributed by atoms with Crippen molar-refractivity contribution in [3.8, 4) is 0 Å². The summed E-state index contributed by atoms with van der Waals surface area (Å²) in [6.45, 7) is 2.48. The van der Waals surface area contributed by atoms with E-state index in [0.717, 1.165) is 26.2 Å². The molecule has 0 aromatic rings. The van der Waals surface area contributed by atoms with Gasteiger partial charge in [-0.2, -0.15) is 0 Å². The normalized spacial score (nSPS) is 31.9. The predicted molar refractivity (Wildman–Crippen MR) is 31.5 cm³/mol. The van der Waals surface area contributed by atoms with Gasteiger partial charge in [0.05, 0.1) is 6.10 Å². The third-order valence-corrected chi connectivity index (χ3v) is 1.28. The molecule has 0 saturated carbocycles. The fraction of sp³-hybridized carbons (Fsp3) is 1.00. The molecule has 0 bridgehead atoms. The molecule has 0 spiro atoms. The van der Waals surface area contributed by atoms with Gasteiger partial charge < -0.3 is 15.7 Å². The number of nitrogens with one attached hydrogen (secondary N) is 2. The average molecular weight is 116 g/mol. The zero-order chi connectivity index (χ0) is 5.82. The molecule has 8 heavy (non-hydrogen) atoms. The molecule has 0 aromatic heterocycles. The van der Waals surface area contributed by atoms with Crippen molar-refractivity contribution in [1.82, 2.24) is 10.6 Å². The molecular formula is C5H12N2O. The van der Waals surface area contributed by atoms with Crippen molar-refractivity contribution in [1.29, 1.82) is 0 Å². The van der Waals surface area contributed by atoms with Gasteiger partial charge in [-0.3, -0.25) is 0 Å². The molecule has 1 atom stereocenters. The van der Waals surface area contributed by atoms with Crippen LogP contribution >= 0.6 is 0 Å². The van der Waals surface area contributed by atoms with E-state index in [4.69, 9.17) is 5.11 Å².